The smallest absolute Gasteiger partial charge is 0.119 e. The fourth-order valence-corrected chi connectivity index (χ4v) is 1.62. The van der Waals surface area contributed by atoms with Crippen molar-refractivity contribution in [3.8, 4) is 5.75 Å². The van der Waals surface area contributed by atoms with E-state index in [9.17, 15) is 0 Å². The molecular weight excluding hydrogens is 230 g/mol. The number of rotatable bonds is 8. The quantitative estimate of drug-likeness (QED) is 0.694. The summed E-state index contributed by atoms with van der Waals surface area (Å²) in [6, 6.07) is 7.78. The van der Waals surface area contributed by atoms with Crippen LogP contribution in [0.3, 0.4) is 0 Å². The normalized spacial score (nSPS) is 12.7. The molecule has 0 heterocycles. The average molecular weight is 253 g/mol. The summed E-state index contributed by atoms with van der Waals surface area (Å²) in [7, 11) is 0. The molecule has 0 radical (unpaired) electrons. The summed E-state index contributed by atoms with van der Waals surface area (Å²) in [5.41, 5.74) is 6.72. The molecule has 0 aliphatic heterocycles. The molecule has 1 aromatic carbocycles. The molecule has 1 aromatic rings. The van der Waals surface area contributed by atoms with E-state index in [1.807, 2.05) is 38.1 Å². The van der Waals surface area contributed by atoms with E-state index in [0.717, 1.165) is 11.3 Å². The lowest BCUT2D eigenvalue weighted by Gasteiger charge is -2.17. The molecule has 1 unspecified atom stereocenters. The highest BCUT2D eigenvalue weighted by atomic mass is 16.5. The minimum Gasteiger partial charge on any atom is -0.491 e. The first-order chi connectivity index (χ1) is 8.67. The molecular formula is C14H23NO3. The van der Waals surface area contributed by atoms with Crippen LogP contribution in [0.15, 0.2) is 24.3 Å². The van der Waals surface area contributed by atoms with Crippen molar-refractivity contribution in [3.63, 3.8) is 0 Å². The van der Waals surface area contributed by atoms with Crippen molar-refractivity contribution in [3.05, 3.63) is 29.8 Å². The summed E-state index contributed by atoms with van der Waals surface area (Å²) >= 11 is 0. The van der Waals surface area contributed by atoms with Crippen LogP contribution in [0.2, 0.25) is 0 Å². The van der Waals surface area contributed by atoms with Crippen molar-refractivity contribution in [1.29, 1.82) is 0 Å². The number of nitrogens with two attached hydrogens (primary N) is 1. The third kappa shape index (κ3) is 5.04. The lowest BCUT2D eigenvalue weighted by atomic mass is 10.1. The van der Waals surface area contributed by atoms with E-state index < -0.39 is 0 Å². The third-order valence-corrected chi connectivity index (χ3v) is 2.46. The molecule has 1 atom stereocenters. The van der Waals surface area contributed by atoms with Gasteiger partial charge in [0.05, 0.1) is 12.2 Å². The van der Waals surface area contributed by atoms with Gasteiger partial charge in [0, 0.05) is 19.8 Å². The number of hydrogen-bond acceptors (Lipinski definition) is 4. The topological polar surface area (TPSA) is 64.7 Å². The second-order valence-electron chi connectivity index (χ2n) is 4.41. The number of benzene rings is 1. The molecule has 1 rings (SSSR count). The fraction of sp³-hybridized carbons (Fsp3) is 0.571. The van der Waals surface area contributed by atoms with Gasteiger partial charge in [-0.2, -0.15) is 0 Å². The molecule has 0 aliphatic rings. The van der Waals surface area contributed by atoms with E-state index in [2.05, 4.69) is 0 Å². The van der Waals surface area contributed by atoms with Crippen LogP contribution in [0.4, 0.5) is 0 Å². The summed E-state index contributed by atoms with van der Waals surface area (Å²) in [6.07, 6.45) is 0.678. The molecule has 0 bridgehead atoms. The minimum atomic E-state index is -0.121. The van der Waals surface area contributed by atoms with Crippen molar-refractivity contribution in [1.82, 2.24) is 0 Å². The first-order valence-corrected chi connectivity index (χ1v) is 6.36. The molecule has 4 heteroatoms. The lowest BCUT2D eigenvalue weighted by molar-refractivity contribution is 0.0488. The van der Waals surface area contributed by atoms with Crippen molar-refractivity contribution in [2.75, 3.05) is 19.8 Å². The first kappa shape index (κ1) is 15.0. The van der Waals surface area contributed by atoms with Crippen LogP contribution < -0.4 is 10.5 Å². The van der Waals surface area contributed by atoms with Crippen LogP contribution in [0.1, 0.15) is 31.9 Å². The summed E-state index contributed by atoms with van der Waals surface area (Å²) < 4.78 is 11.2. The van der Waals surface area contributed by atoms with Gasteiger partial charge in [-0.1, -0.05) is 12.1 Å². The van der Waals surface area contributed by atoms with Gasteiger partial charge < -0.3 is 20.3 Å². The summed E-state index contributed by atoms with van der Waals surface area (Å²) in [4.78, 5) is 0. The van der Waals surface area contributed by atoms with E-state index in [0.29, 0.717) is 19.6 Å². The zero-order valence-corrected chi connectivity index (χ0v) is 11.1. The molecule has 0 saturated heterocycles. The van der Waals surface area contributed by atoms with Gasteiger partial charge in [-0.05, 0) is 38.0 Å². The highest BCUT2D eigenvalue weighted by molar-refractivity contribution is 5.28. The van der Waals surface area contributed by atoms with Crippen molar-refractivity contribution >= 4 is 0 Å². The van der Waals surface area contributed by atoms with Gasteiger partial charge in [-0.3, -0.25) is 0 Å². The Hall–Kier alpha value is -1.10. The second-order valence-corrected chi connectivity index (χ2v) is 4.41. The largest absolute Gasteiger partial charge is 0.491 e. The average Bonchev–Trinajstić information content (AvgIpc) is 2.35. The van der Waals surface area contributed by atoms with E-state index in [4.69, 9.17) is 20.3 Å². The number of hydrogen-bond donors (Lipinski definition) is 2. The third-order valence-electron chi connectivity index (χ3n) is 2.46. The predicted octanol–water partition coefficient (Wildman–Crippen LogP) is 1.87. The Bertz CT molecular complexity index is 324. The molecule has 0 fully saturated rings. The maximum atomic E-state index is 8.71. The van der Waals surface area contributed by atoms with Crippen molar-refractivity contribution in [2.24, 2.45) is 5.73 Å². The monoisotopic (exact) mass is 253 g/mol. The Labute approximate surface area is 109 Å². The highest BCUT2D eigenvalue weighted by Gasteiger charge is 2.10. The van der Waals surface area contributed by atoms with E-state index in [-0.39, 0.29) is 18.8 Å². The van der Waals surface area contributed by atoms with E-state index in [1.165, 1.54) is 0 Å². The highest BCUT2D eigenvalue weighted by Crippen LogP contribution is 2.20. The molecule has 0 aliphatic carbocycles. The number of aliphatic hydroxyl groups is 1. The van der Waals surface area contributed by atoms with E-state index >= 15 is 0 Å². The molecule has 3 N–H and O–H groups in total. The zero-order chi connectivity index (χ0) is 13.4. The van der Waals surface area contributed by atoms with Gasteiger partial charge >= 0.3 is 0 Å². The molecule has 0 amide bonds. The van der Waals surface area contributed by atoms with Gasteiger partial charge in [0.1, 0.15) is 5.75 Å². The molecule has 0 saturated carbocycles. The Morgan fingerprint density at radius 2 is 1.89 bits per heavy atom. The van der Waals surface area contributed by atoms with Crippen LogP contribution in [-0.4, -0.2) is 31.0 Å². The maximum absolute atomic E-state index is 8.71. The standard InChI is InChI=1S/C14H23NO3/c1-11(2)18-13-6-4-12(5-7-13)14(10-15)17-9-3-8-16/h4-7,11,14,16H,3,8-10,15H2,1-2H3. The van der Waals surface area contributed by atoms with E-state index in [1.54, 1.807) is 0 Å². The Balaban J connectivity index is 2.57. The van der Waals surface area contributed by atoms with Crippen LogP contribution >= 0.6 is 0 Å². The fourth-order valence-electron chi connectivity index (χ4n) is 1.62. The summed E-state index contributed by atoms with van der Waals surface area (Å²) in [5, 5.41) is 8.71. The van der Waals surface area contributed by atoms with Gasteiger partial charge in [-0.25, -0.2) is 0 Å². The molecule has 0 aromatic heterocycles. The number of ether oxygens (including phenoxy) is 2. The molecule has 102 valence electrons. The predicted molar refractivity (Wildman–Crippen MR) is 71.7 cm³/mol. The van der Waals surface area contributed by atoms with Gasteiger partial charge in [0.15, 0.2) is 0 Å². The summed E-state index contributed by atoms with van der Waals surface area (Å²) in [5.74, 6) is 0.847. The Morgan fingerprint density at radius 3 is 2.39 bits per heavy atom. The Kier molecular flexibility index (Phi) is 6.72. The van der Waals surface area contributed by atoms with Gasteiger partial charge in [0.2, 0.25) is 0 Å². The first-order valence-electron chi connectivity index (χ1n) is 6.36. The number of aliphatic hydroxyl groups excluding tert-OH is 1. The van der Waals surface area contributed by atoms with Gasteiger partial charge in [-0.15, -0.1) is 0 Å². The van der Waals surface area contributed by atoms with Crippen molar-refractivity contribution < 1.29 is 14.6 Å². The maximum Gasteiger partial charge on any atom is 0.119 e. The minimum absolute atomic E-state index is 0.121. The Morgan fingerprint density at radius 1 is 1.22 bits per heavy atom. The molecule has 0 spiro atoms. The van der Waals surface area contributed by atoms with Crippen molar-refractivity contribution in [2.45, 2.75) is 32.5 Å². The molecule has 4 nitrogen and oxygen atoms in total. The molecule has 18 heavy (non-hydrogen) atoms. The SMILES string of the molecule is CC(C)Oc1ccc(C(CN)OCCCO)cc1. The van der Waals surface area contributed by atoms with Crippen LogP contribution in [-0.2, 0) is 4.74 Å². The second kappa shape index (κ2) is 8.08. The summed E-state index contributed by atoms with van der Waals surface area (Å²) in [6.45, 7) is 5.07. The zero-order valence-electron chi connectivity index (χ0n) is 11.1. The van der Waals surface area contributed by atoms with Crippen LogP contribution in [0, 0.1) is 0 Å². The lowest BCUT2D eigenvalue weighted by Crippen LogP contribution is -2.17. The van der Waals surface area contributed by atoms with Crippen LogP contribution in [0.25, 0.3) is 0 Å². The van der Waals surface area contributed by atoms with Crippen LogP contribution in [0.5, 0.6) is 5.75 Å². The van der Waals surface area contributed by atoms with Gasteiger partial charge in [0.25, 0.3) is 0 Å².